The predicted molar refractivity (Wildman–Crippen MR) is 121 cm³/mol. The highest BCUT2D eigenvalue weighted by molar-refractivity contribution is 5.79. The number of likely N-dealkylation sites (tertiary alicyclic amines) is 1. The molecule has 5 heterocycles. The minimum Gasteiger partial charge on any atom is -0.378 e. The van der Waals surface area contributed by atoms with Crippen molar-refractivity contribution in [1.82, 2.24) is 24.8 Å². The fourth-order valence-corrected chi connectivity index (χ4v) is 4.93. The van der Waals surface area contributed by atoms with Gasteiger partial charge in [-0.1, -0.05) is 0 Å². The Morgan fingerprint density at radius 3 is 2.70 bits per heavy atom. The van der Waals surface area contributed by atoms with E-state index in [1.807, 2.05) is 6.07 Å². The molecule has 5 rings (SSSR count). The number of nitriles is 1. The van der Waals surface area contributed by atoms with Crippen LogP contribution in [0.25, 0.3) is 11.3 Å². The van der Waals surface area contributed by atoms with Crippen LogP contribution in [0.4, 0.5) is 17.7 Å². The SMILES string of the molecule is C[C@@]1(N2CCc3c(-c4cnc(N)nc4)nc(N4CCOCC4)nc32)CCN(C(=O)CC#N)C1. The van der Waals surface area contributed by atoms with Crippen molar-refractivity contribution < 1.29 is 9.53 Å². The second-order valence-electron chi connectivity index (χ2n) is 8.90. The van der Waals surface area contributed by atoms with Gasteiger partial charge in [0.1, 0.15) is 12.2 Å². The number of fused-ring (bicyclic) bond motifs is 1. The lowest BCUT2D eigenvalue weighted by Gasteiger charge is -2.37. The fourth-order valence-electron chi connectivity index (χ4n) is 4.93. The smallest absolute Gasteiger partial charge is 0.236 e. The highest BCUT2D eigenvalue weighted by atomic mass is 16.5. The first kappa shape index (κ1) is 21.3. The average molecular weight is 450 g/mol. The molecule has 0 aromatic carbocycles. The van der Waals surface area contributed by atoms with Gasteiger partial charge in [-0.25, -0.2) is 15.0 Å². The van der Waals surface area contributed by atoms with E-state index in [2.05, 4.69) is 26.7 Å². The Morgan fingerprint density at radius 2 is 1.97 bits per heavy atom. The number of nitrogens with two attached hydrogens (primary N) is 1. The summed E-state index contributed by atoms with van der Waals surface area (Å²) in [5.41, 5.74) is 8.13. The second kappa shape index (κ2) is 8.44. The van der Waals surface area contributed by atoms with Crippen molar-refractivity contribution in [3.63, 3.8) is 0 Å². The third kappa shape index (κ3) is 3.91. The molecule has 0 radical (unpaired) electrons. The van der Waals surface area contributed by atoms with E-state index >= 15 is 0 Å². The van der Waals surface area contributed by atoms with Crippen molar-refractivity contribution in [1.29, 1.82) is 5.26 Å². The van der Waals surface area contributed by atoms with Gasteiger partial charge in [0, 0.05) is 56.2 Å². The van der Waals surface area contributed by atoms with Crippen LogP contribution in [-0.2, 0) is 16.0 Å². The molecule has 0 aliphatic carbocycles. The maximum absolute atomic E-state index is 12.3. The number of ether oxygens (including phenoxy) is 1. The van der Waals surface area contributed by atoms with Gasteiger partial charge in [-0.15, -0.1) is 0 Å². The molecule has 0 bridgehead atoms. The van der Waals surface area contributed by atoms with E-state index in [-0.39, 0.29) is 23.8 Å². The first-order chi connectivity index (χ1) is 16.0. The molecule has 3 aliphatic heterocycles. The quantitative estimate of drug-likeness (QED) is 0.707. The van der Waals surface area contributed by atoms with Crippen molar-refractivity contribution in [2.24, 2.45) is 0 Å². The Balaban J connectivity index is 1.54. The zero-order valence-electron chi connectivity index (χ0n) is 18.7. The van der Waals surface area contributed by atoms with Crippen LogP contribution in [0.3, 0.4) is 0 Å². The Bertz CT molecular complexity index is 1090. The molecule has 172 valence electrons. The van der Waals surface area contributed by atoms with Gasteiger partial charge in [-0.05, 0) is 19.8 Å². The highest BCUT2D eigenvalue weighted by Crippen LogP contribution is 2.41. The normalized spacial score (nSPS) is 22.4. The van der Waals surface area contributed by atoms with Gasteiger partial charge in [0.15, 0.2) is 0 Å². The molecule has 0 spiro atoms. The molecule has 33 heavy (non-hydrogen) atoms. The standard InChI is InChI=1S/C22H27N9O2/c1-22(4-7-30(14-22)17(32)2-5-23)31-6-3-16-18(15-12-25-20(24)26-13-15)27-21(28-19(16)31)29-8-10-33-11-9-29/h12-13H,2-4,6-11,14H2,1H3,(H2,24,25,26)/t22-/m1/s1. The summed E-state index contributed by atoms with van der Waals surface area (Å²) in [4.78, 5) is 36.9. The average Bonchev–Trinajstić information content (AvgIpc) is 3.45. The minimum atomic E-state index is -0.262. The number of carbonyl (C=O) groups is 1. The maximum atomic E-state index is 12.3. The van der Waals surface area contributed by atoms with Crippen LogP contribution < -0.4 is 15.5 Å². The van der Waals surface area contributed by atoms with E-state index in [0.717, 1.165) is 55.1 Å². The summed E-state index contributed by atoms with van der Waals surface area (Å²) >= 11 is 0. The van der Waals surface area contributed by atoms with Gasteiger partial charge in [0.05, 0.1) is 30.5 Å². The number of aromatic nitrogens is 4. The summed E-state index contributed by atoms with van der Waals surface area (Å²) < 4.78 is 5.51. The van der Waals surface area contributed by atoms with E-state index in [1.54, 1.807) is 17.3 Å². The van der Waals surface area contributed by atoms with Gasteiger partial charge in [-0.3, -0.25) is 4.79 Å². The van der Waals surface area contributed by atoms with Crippen LogP contribution in [0.2, 0.25) is 0 Å². The number of rotatable bonds is 4. The molecule has 11 nitrogen and oxygen atoms in total. The van der Waals surface area contributed by atoms with E-state index in [1.165, 1.54) is 0 Å². The van der Waals surface area contributed by atoms with Gasteiger partial charge in [0.2, 0.25) is 17.8 Å². The van der Waals surface area contributed by atoms with Crippen LogP contribution >= 0.6 is 0 Å². The van der Waals surface area contributed by atoms with Gasteiger partial charge in [-0.2, -0.15) is 10.2 Å². The van der Waals surface area contributed by atoms with E-state index in [0.29, 0.717) is 32.3 Å². The van der Waals surface area contributed by atoms with E-state index in [4.69, 9.17) is 25.7 Å². The van der Waals surface area contributed by atoms with Crippen molar-refractivity contribution in [3.05, 3.63) is 18.0 Å². The van der Waals surface area contributed by atoms with Crippen molar-refractivity contribution >= 4 is 23.6 Å². The first-order valence-electron chi connectivity index (χ1n) is 11.2. The highest BCUT2D eigenvalue weighted by Gasteiger charge is 2.44. The molecule has 0 unspecified atom stereocenters. The summed E-state index contributed by atoms with van der Waals surface area (Å²) in [6.07, 6.45) is 4.94. The predicted octanol–water partition coefficient (Wildman–Crippen LogP) is 0.620. The number of amides is 1. The maximum Gasteiger partial charge on any atom is 0.236 e. The van der Waals surface area contributed by atoms with Crippen molar-refractivity contribution in [2.75, 3.05) is 61.5 Å². The number of anilines is 3. The first-order valence-corrected chi connectivity index (χ1v) is 11.2. The number of nitrogen functional groups attached to an aromatic ring is 1. The summed E-state index contributed by atoms with van der Waals surface area (Å²) in [6.45, 7) is 6.90. The number of nitrogens with zero attached hydrogens (tertiary/aromatic N) is 8. The summed E-state index contributed by atoms with van der Waals surface area (Å²) in [6, 6.07) is 1.97. The monoisotopic (exact) mass is 449 g/mol. The third-order valence-corrected chi connectivity index (χ3v) is 6.74. The number of carbonyl (C=O) groups excluding carboxylic acids is 1. The Labute approximate surface area is 192 Å². The van der Waals surface area contributed by atoms with Crippen LogP contribution in [0.5, 0.6) is 0 Å². The Kier molecular flexibility index (Phi) is 5.46. The fraction of sp³-hybridized carbons (Fsp3) is 0.545. The van der Waals surface area contributed by atoms with Gasteiger partial charge >= 0.3 is 0 Å². The summed E-state index contributed by atoms with van der Waals surface area (Å²) in [5.74, 6) is 1.67. The van der Waals surface area contributed by atoms with Crippen LogP contribution in [0, 0.1) is 11.3 Å². The zero-order valence-corrected chi connectivity index (χ0v) is 18.7. The number of hydrogen-bond donors (Lipinski definition) is 1. The molecule has 2 saturated heterocycles. The van der Waals surface area contributed by atoms with Crippen molar-refractivity contribution in [3.8, 4) is 17.3 Å². The molecule has 2 aromatic rings. The van der Waals surface area contributed by atoms with Gasteiger partial charge < -0.3 is 25.2 Å². The lowest BCUT2D eigenvalue weighted by atomic mass is 9.99. The Hall–Kier alpha value is -3.52. The number of hydrogen-bond acceptors (Lipinski definition) is 10. The molecule has 0 saturated carbocycles. The molecule has 2 fully saturated rings. The molecule has 2 aromatic heterocycles. The molecule has 3 aliphatic rings. The van der Waals surface area contributed by atoms with E-state index < -0.39 is 0 Å². The minimum absolute atomic E-state index is 0.0860. The summed E-state index contributed by atoms with van der Waals surface area (Å²) in [7, 11) is 0. The second-order valence-corrected chi connectivity index (χ2v) is 8.90. The van der Waals surface area contributed by atoms with Crippen LogP contribution in [-0.4, -0.2) is 82.2 Å². The number of morpholine rings is 1. The molecule has 1 amide bonds. The summed E-state index contributed by atoms with van der Waals surface area (Å²) in [5, 5.41) is 8.92. The van der Waals surface area contributed by atoms with Crippen LogP contribution in [0.15, 0.2) is 12.4 Å². The van der Waals surface area contributed by atoms with E-state index in [9.17, 15) is 4.79 Å². The molecule has 2 N–H and O–H groups in total. The molecule has 1 atom stereocenters. The van der Waals surface area contributed by atoms with Crippen LogP contribution in [0.1, 0.15) is 25.3 Å². The lowest BCUT2D eigenvalue weighted by molar-refractivity contribution is -0.129. The largest absolute Gasteiger partial charge is 0.378 e. The topological polar surface area (TPSA) is 137 Å². The third-order valence-electron chi connectivity index (χ3n) is 6.74. The lowest BCUT2D eigenvalue weighted by Crippen LogP contribution is -2.49. The molecule has 11 heteroatoms. The van der Waals surface area contributed by atoms with Gasteiger partial charge in [0.25, 0.3) is 0 Å². The Morgan fingerprint density at radius 1 is 1.21 bits per heavy atom. The molecular weight excluding hydrogens is 422 g/mol. The molecular formula is C22H27N9O2. The zero-order chi connectivity index (χ0) is 23.0. The van der Waals surface area contributed by atoms with Crippen molar-refractivity contribution in [2.45, 2.75) is 31.7 Å².